The highest BCUT2D eigenvalue weighted by Crippen LogP contribution is 2.24. The highest BCUT2D eigenvalue weighted by molar-refractivity contribution is 6.31. The van der Waals surface area contributed by atoms with Gasteiger partial charge in [-0.1, -0.05) is 11.6 Å². The third-order valence-corrected chi connectivity index (χ3v) is 4.00. The fourth-order valence-corrected chi connectivity index (χ4v) is 2.56. The summed E-state index contributed by atoms with van der Waals surface area (Å²) in [6.07, 6.45) is 0. The van der Waals surface area contributed by atoms with Crippen LogP contribution in [0.2, 0.25) is 5.02 Å². The van der Waals surface area contributed by atoms with Crippen LogP contribution >= 0.6 is 11.6 Å². The first-order valence-electron chi connectivity index (χ1n) is 6.45. The van der Waals surface area contributed by atoms with Crippen molar-refractivity contribution in [2.24, 2.45) is 0 Å². The van der Waals surface area contributed by atoms with E-state index in [0.717, 1.165) is 16.3 Å². The molecule has 1 amide bonds. The van der Waals surface area contributed by atoms with Crippen LogP contribution in [0.5, 0.6) is 0 Å². The molecule has 108 valence electrons. The number of carboxylic acid groups (broad SMARTS) is 1. The molecule has 0 aromatic heterocycles. The lowest BCUT2D eigenvalue weighted by Gasteiger charge is -2.40. The van der Waals surface area contributed by atoms with E-state index in [1.54, 1.807) is 0 Å². The summed E-state index contributed by atoms with van der Waals surface area (Å²) in [5, 5.41) is 9.51. The molecule has 0 spiro atoms. The van der Waals surface area contributed by atoms with Crippen molar-refractivity contribution in [3.05, 3.63) is 28.8 Å². The quantitative estimate of drug-likeness (QED) is 0.802. The number of hydrogen-bond acceptors (Lipinski definition) is 3. The Morgan fingerprint density at radius 3 is 2.60 bits per heavy atom. The lowest BCUT2D eigenvalue weighted by atomic mass is 10.1. The summed E-state index contributed by atoms with van der Waals surface area (Å²) >= 11 is 6.01. The fourth-order valence-electron chi connectivity index (χ4n) is 2.44. The highest BCUT2D eigenvalue weighted by atomic mass is 35.5. The van der Waals surface area contributed by atoms with E-state index < -0.39 is 11.9 Å². The van der Waals surface area contributed by atoms with Crippen molar-refractivity contribution in [2.75, 3.05) is 24.5 Å². The Bertz CT molecular complexity index is 547. The smallest absolute Gasteiger partial charge is 0.394 e. The van der Waals surface area contributed by atoms with E-state index in [1.165, 1.54) is 4.90 Å². The molecule has 0 saturated carbocycles. The molecular weight excluding hydrogens is 280 g/mol. The minimum absolute atomic E-state index is 0.136. The van der Waals surface area contributed by atoms with E-state index >= 15 is 0 Å². The number of piperazine rings is 1. The molecule has 1 aliphatic rings. The van der Waals surface area contributed by atoms with Gasteiger partial charge in [0.25, 0.3) is 0 Å². The molecule has 2 rings (SSSR count). The van der Waals surface area contributed by atoms with Crippen molar-refractivity contribution in [1.82, 2.24) is 4.90 Å². The van der Waals surface area contributed by atoms with Crippen molar-refractivity contribution in [1.29, 1.82) is 0 Å². The zero-order valence-corrected chi connectivity index (χ0v) is 12.2. The summed E-state index contributed by atoms with van der Waals surface area (Å²) in [7, 11) is 0. The number of halogens is 1. The molecule has 6 heteroatoms. The van der Waals surface area contributed by atoms with Crippen molar-refractivity contribution in [2.45, 2.75) is 19.9 Å². The zero-order valence-electron chi connectivity index (χ0n) is 11.5. The third kappa shape index (κ3) is 2.88. The van der Waals surface area contributed by atoms with Gasteiger partial charge in [0.1, 0.15) is 0 Å². The zero-order chi connectivity index (χ0) is 14.9. The van der Waals surface area contributed by atoms with Crippen LogP contribution in [0.4, 0.5) is 5.69 Å². The highest BCUT2D eigenvalue weighted by Gasteiger charge is 2.30. The van der Waals surface area contributed by atoms with Gasteiger partial charge in [0.05, 0.1) is 0 Å². The lowest BCUT2D eigenvalue weighted by molar-refractivity contribution is -0.157. The van der Waals surface area contributed by atoms with Gasteiger partial charge in [0.15, 0.2) is 0 Å². The molecule has 1 aromatic rings. The van der Waals surface area contributed by atoms with E-state index in [4.69, 9.17) is 16.7 Å². The van der Waals surface area contributed by atoms with E-state index in [-0.39, 0.29) is 6.04 Å². The monoisotopic (exact) mass is 296 g/mol. The van der Waals surface area contributed by atoms with Crippen LogP contribution in [0.3, 0.4) is 0 Å². The number of nitrogens with zero attached hydrogens (tertiary/aromatic N) is 2. The number of carbonyl (C=O) groups is 2. The second kappa shape index (κ2) is 5.71. The third-order valence-electron chi connectivity index (χ3n) is 3.58. The number of aryl methyl sites for hydroxylation is 1. The molecule has 1 saturated heterocycles. The molecule has 1 aromatic carbocycles. The van der Waals surface area contributed by atoms with Gasteiger partial charge < -0.3 is 14.9 Å². The maximum absolute atomic E-state index is 11.5. The van der Waals surface area contributed by atoms with Crippen LogP contribution in [-0.4, -0.2) is 47.6 Å². The Labute approximate surface area is 122 Å². The van der Waals surface area contributed by atoms with Crippen LogP contribution in [-0.2, 0) is 9.59 Å². The molecule has 5 nitrogen and oxygen atoms in total. The van der Waals surface area contributed by atoms with Crippen molar-refractivity contribution in [3.8, 4) is 0 Å². The predicted molar refractivity (Wildman–Crippen MR) is 77.2 cm³/mol. The van der Waals surface area contributed by atoms with E-state index in [9.17, 15) is 9.59 Å². The van der Waals surface area contributed by atoms with Gasteiger partial charge in [-0.15, -0.1) is 0 Å². The summed E-state index contributed by atoms with van der Waals surface area (Å²) in [6, 6.07) is 5.66. The van der Waals surface area contributed by atoms with Crippen LogP contribution in [0.25, 0.3) is 0 Å². The Hall–Kier alpha value is -1.75. The minimum Gasteiger partial charge on any atom is -0.474 e. The molecule has 1 N–H and O–H groups in total. The normalized spacial score (nSPS) is 19.1. The largest absolute Gasteiger partial charge is 0.474 e. The first-order valence-corrected chi connectivity index (χ1v) is 6.83. The summed E-state index contributed by atoms with van der Waals surface area (Å²) < 4.78 is 0. The van der Waals surface area contributed by atoms with Gasteiger partial charge in [0.2, 0.25) is 0 Å². The average molecular weight is 297 g/mol. The summed E-state index contributed by atoms with van der Waals surface area (Å²) in [6.45, 7) is 5.44. The van der Waals surface area contributed by atoms with Crippen molar-refractivity contribution in [3.63, 3.8) is 0 Å². The Morgan fingerprint density at radius 2 is 2.05 bits per heavy atom. The first-order chi connectivity index (χ1) is 9.40. The average Bonchev–Trinajstić information content (AvgIpc) is 2.41. The van der Waals surface area contributed by atoms with Gasteiger partial charge in [-0.05, 0) is 37.6 Å². The maximum Gasteiger partial charge on any atom is 0.394 e. The van der Waals surface area contributed by atoms with Crippen LogP contribution < -0.4 is 4.90 Å². The number of anilines is 1. The van der Waals surface area contributed by atoms with Gasteiger partial charge >= 0.3 is 11.9 Å². The number of aliphatic carboxylic acids is 1. The topological polar surface area (TPSA) is 60.9 Å². The number of carboxylic acids is 1. The Balaban J connectivity index is 2.10. The number of benzene rings is 1. The van der Waals surface area contributed by atoms with E-state index in [2.05, 4.69) is 4.90 Å². The van der Waals surface area contributed by atoms with E-state index in [1.807, 2.05) is 32.0 Å². The molecule has 1 atom stereocenters. The van der Waals surface area contributed by atoms with Crippen LogP contribution in [0.15, 0.2) is 18.2 Å². The SMILES string of the molecule is Cc1cc(N2CCN(C(=O)C(=O)O)C(C)C2)ccc1Cl. The minimum atomic E-state index is -1.40. The molecule has 1 unspecified atom stereocenters. The lowest BCUT2D eigenvalue weighted by Crippen LogP contribution is -2.55. The van der Waals surface area contributed by atoms with Crippen molar-refractivity contribution >= 4 is 29.2 Å². The first kappa shape index (κ1) is 14.7. The van der Waals surface area contributed by atoms with E-state index in [0.29, 0.717) is 19.6 Å². The summed E-state index contributed by atoms with van der Waals surface area (Å²) in [5.74, 6) is -2.22. The maximum atomic E-state index is 11.5. The van der Waals surface area contributed by atoms with Crippen LogP contribution in [0.1, 0.15) is 12.5 Å². The molecule has 20 heavy (non-hydrogen) atoms. The summed E-state index contributed by atoms with van der Waals surface area (Å²) in [4.78, 5) is 25.8. The molecule has 0 bridgehead atoms. The number of amides is 1. The molecule has 1 fully saturated rings. The fraction of sp³-hybridized carbons (Fsp3) is 0.429. The second-order valence-electron chi connectivity index (χ2n) is 5.03. The van der Waals surface area contributed by atoms with Gasteiger partial charge in [-0.3, -0.25) is 4.79 Å². The molecule has 0 radical (unpaired) electrons. The molecule has 1 aliphatic heterocycles. The number of carbonyl (C=O) groups excluding carboxylic acids is 1. The van der Waals surface area contributed by atoms with Gasteiger partial charge in [-0.25, -0.2) is 4.79 Å². The number of rotatable bonds is 1. The van der Waals surface area contributed by atoms with Gasteiger partial charge in [-0.2, -0.15) is 0 Å². The summed E-state index contributed by atoms with van der Waals surface area (Å²) in [5.41, 5.74) is 2.04. The van der Waals surface area contributed by atoms with Gasteiger partial charge in [0, 0.05) is 36.4 Å². The molecule has 1 heterocycles. The number of hydrogen-bond donors (Lipinski definition) is 1. The molecule has 0 aliphatic carbocycles. The Morgan fingerprint density at radius 1 is 1.35 bits per heavy atom. The predicted octanol–water partition coefficient (Wildman–Crippen LogP) is 1.77. The second-order valence-corrected chi connectivity index (χ2v) is 5.44. The van der Waals surface area contributed by atoms with Crippen LogP contribution in [0, 0.1) is 6.92 Å². The standard InChI is InChI=1S/C14H17ClN2O3/c1-9-7-11(3-4-12(9)15)16-5-6-17(10(2)8-16)13(18)14(19)20/h3-4,7,10H,5-6,8H2,1-2H3,(H,19,20). The Kier molecular flexibility index (Phi) is 4.18. The molecular formula is C14H17ClN2O3. The van der Waals surface area contributed by atoms with Crippen molar-refractivity contribution < 1.29 is 14.7 Å².